The number of aromatic nitrogens is 2. The standard InChI is InChI=1S/C21H27N3O4/c1-16(17-6-4-3-5-7-17)12-19(25)23-10-8-21(27,9-11-23)14-24-15-22-18(28-2)13-20(24)26/h3-7,13,15-16,27H,8-12,14H2,1-2H3/t16-/m1/s1. The fourth-order valence-electron chi connectivity index (χ4n) is 3.58. The Morgan fingerprint density at radius 2 is 1.96 bits per heavy atom. The lowest BCUT2D eigenvalue weighted by atomic mass is 9.90. The van der Waals surface area contributed by atoms with Crippen molar-refractivity contribution in [3.63, 3.8) is 0 Å². The number of hydrogen-bond acceptors (Lipinski definition) is 5. The third-order valence-electron chi connectivity index (χ3n) is 5.42. The summed E-state index contributed by atoms with van der Waals surface area (Å²) in [6.45, 7) is 3.17. The van der Waals surface area contributed by atoms with Crippen molar-refractivity contribution in [2.24, 2.45) is 0 Å². The molecule has 0 unspecified atom stereocenters. The van der Waals surface area contributed by atoms with Gasteiger partial charge in [-0.2, -0.15) is 0 Å². The van der Waals surface area contributed by atoms with Gasteiger partial charge in [0.2, 0.25) is 11.8 Å². The molecular formula is C21H27N3O4. The number of ether oxygens (including phenoxy) is 1. The Morgan fingerprint density at radius 1 is 1.29 bits per heavy atom. The van der Waals surface area contributed by atoms with Gasteiger partial charge in [0.15, 0.2) is 0 Å². The highest BCUT2D eigenvalue weighted by Crippen LogP contribution is 2.26. The van der Waals surface area contributed by atoms with Gasteiger partial charge < -0.3 is 14.7 Å². The van der Waals surface area contributed by atoms with Crippen molar-refractivity contribution < 1.29 is 14.6 Å². The van der Waals surface area contributed by atoms with Crippen molar-refractivity contribution in [1.29, 1.82) is 0 Å². The predicted molar refractivity (Wildman–Crippen MR) is 105 cm³/mol. The molecule has 1 saturated heterocycles. The number of methoxy groups -OCH3 is 1. The first-order valence-corrected chi connectivity index (χ1v) is 9.56. The van der Waals surface area contributed by atoms with Crippen molar-refractivity contribution in [3.05, 3.63) is 58.6 Å². The van der Waals surface area contributed by atoms with Gasteiger partial charge in [0.05, 0.1) is 25.3 Å². The van der Waals surface area contributed by atoms with Crippen LogP contribution in [0.3, 0.4) is 0 Å². The monoisotopic (exact) mass is 385 g/mol. The van der Waals surface area contributed by atoms with E-state index in [4.69, 9.17) is 4.74 Å². The number of piperidine rings is 1. The maximum atomic E-state index is 12.6. The van der Waals surface area contributed by atoms with Gasteiger partial charge in [-0.25, -0.2) is 4.98 Å². The Balaban J connectivity index is 1.56. The first kappa shape index (κ1) is 20.1. The molecule has 1 aliphatic heterocycles. The second kappa shape index (κ2) is 8.56. The van der Waals surface area contributed by atoms with E-state index in [1.807, 2.05) is 35.2 Å². The SMILES string of the molecule is COc1cc(=O)n(CC2(O)CCN(C(=O)C[C@@H](C)c3ccccc3)CC2)cn1. The number of rotatable bonds is 6. The minimum atomic E-state index is -1.03. The van der Waals surface area contributed by atoms with Crippen molar-refractivity contribution in [1.82, 2.24) is 14.5 Å². The molecule has 1 amide bonds. The lowest BCUT2D eigenvalue weighted by molar-refractivity contribution is -0.136. The summed E-state index contributed by atoms with van der Waals surface area (Å²) in [5.41, 5.74) is -0.145. The van der Waals surface area contributed by atoms with Gasteiger partial charge in [0, 0.05) is 19.5 Å². The molecule has 150 valence electrons. The van der Waals surface area contributed by atoms with Gasteiger partial charge in [-0.05, 0) is 24.3 Å². The van der Waals surface area contributed by atoms with E-state index < -0.39 is 5.60 Å². The molecule has 2 heterocycles. The predicted octanol–water partition coefficient (Wildman–Crippen LogP) is 1.80. The molecular weight excluding hydrogens is 358 g/mol. The van der Waals surface area contributed by atoms with Crippen LogP contribution in [-0.4, -0.2) is 51.3 Å². The Hall–Kier alpha value is -2.67. The highest BCUT2D eigenvalue weighted by molar-refractivity contribution is 5.77. The van der Waals surface area contributed by atoms with Crippen LogP contribution in [0.1, 0.15) is 37.7 Å². The van der Waals surface area contributed by atoms with Gasteiger partial charge >= 0.3 is 0 Å². The van der Waals surface area contributed by atoms with Crippen LogP contribution in [0.25, 0.3) is 0 Å². The Labute approximate surface area is 164 Å². The van der Waals surface area contributed by atoms with Crippen molar-refractivity contribution in [2.45, 2.75) is 44.2 Å². The highest BCUT2D eigenvalue weighted by atomic mass is 16.5. The second-order valence-electron chi connectivity index (χ2n) is 7.52. The molecule has 1 atom stereocenters. The highest BCUT2D eigenvalue weighted by Gasteiger charge is 2.34. The zero-order valence-electron chi connectivity index (χ0n) is 16.4. The molecule has 3 rings (SSSR count). The lowest BCUT2D eigenvalue weighted by Crippen LogP contribution is -2.49. The van der Waals surface area contributed by atoms with Gasteiger partial charge in [-0.3, -0.25) is 14.2 Å². The van der Waals surface area contributed by atoms with Gasteiger partial charge in [-0.15, -0.1) is 0 Å². The molecule has 28 heavy (non-hydrogen) atoms. The van der Waals surface area contributed by atoms with Crippen LogP contribution in [0.4, 0.5) is 0 Å². The number of carbonyl (C=O) groups excluding carboxylic acids is 1. The fraction of sp³-hybridized carbons (Fsp3) is 0.476. The topological polar surface area (TPSA) is 84.7 Å². The van der Waals surface area contributed by atoms with E-state index in [-0.39, 0.29) is 29.8 Å². The number of aliphatic hydroxyl groups is 1. The van der Waals surface area contributed by atoms with E-state index in [9.17, 15) is 14.7 Å². The number of likely N-dealkylation sites (tertiary alicyclic amines) is 1. The lowest BCUT2D eigenvalue weighted by Gasteiger charge is -2.38. The Morgan fingerprint density at radius 3 is 2.57 bits per heavy atom. The average molecular weight is 385 g/mol. The average Bonchev–Trinajstić information content (AvgIpc) is 2.70. The summed E-state index contributed by atoms with van der Waals surface area (Å²) < 4.78 is 6.32. The van der Waals surface area contributed by atoms with Gasteiger partial charge in [0.1, 0.15) is 6.33 Å². The summed E-state index contributed by atoms with van der Waals surface area (Å²) in [6, 6.07) is 11.3. The maximum absolute atomic E-state index is 12.6. The normalized spacial score (nSPS) is 17.2. The van der Waals surface area contributed by atoms with Crippen LogP contribution in [0, 0.1) is 0 Å². The van der Waals surface area contributed by atoms with E-state index in [2.05, 4.69) is 11.9 Å². The largest absolute Gasteiger partial charge is 0.481 e. The molecule has 0 bridgehead atoms. The second-order valence-corrected chi connectivity index (χ2v) is 7.52. The molecule has 1 N–H and O–H groups in total. The summed E-state index contributed by atoms with van der Waals surface area (Å²) in [6.07, 6.45) is 2.69. The van der Waals surface area contributed by atoms with Gasteiger partial charge in [-0.1, -0.05) is 37.3 Å². The van der Waals surface area contributed by atoms with E-state index in [0.29, 0.717) is 32.4 Å². The minimum Gasteiger partial charge on any atom is -0.481 e. The number of nitrogens with zero attached hydrogens (tertiary/aromatic N) is 3. The molecule has 0 saturated carbocycles. The summed E-state index contributed by atoms with van der Waals surface area (Å²) in [5, 5.41) is 10.9. The smallest absolute Gasteiger partial charge is 0.257 e. The van der Waals surface area contributed by atoms with Crippen LogP contribution < -0.4 is 10.3 Å². The number of benzene rings is 1. The van der Waals surface area contributed by atoms with Crippen LogP contribution >= 0.6 is 0 Å². The van der Waals surface area contributed by atoms with E-state index >= 15 is 0 Å². The molecule has 2 aromatic rings. The van der Waals surface area contributed by atoms with E-state index in [1.165, 1.54) is 24.1 Å². The summed E-state index contributed by atoms with van der Waals surface area (Å²) >= 11 is 0. The summed E-state index contributed by atoms with van der Waals surface area (Å²) in [4.78, 5) is 30.6. The molecule has 1 aromatic carbocycles. The molecule has 0 radical (unpaired) electrons. The minimum absolute atomic E-state index is 0.0988. The third-order valence-corrected chi connectivity index (χ3v) is 5.42. The number of hydrogen-bond donors (Lipinski definition) is 1. The zero-order chi connectivity index (χ0) is 20.1. The molecule has 7 nitrogen and oxygen atoms in total. The first-order chi connectivity index (χ1) is 13.4. The van der Waals surface area contributed by atoms with Crippen molar-refractivity contribution >= 4 is 5.91 Å². The molecule has 1 aromatic heterocycles. The van der Waals surface area contributed by atoms with Gasteiger partial charge in [0.25, 0.3) is 5.56 Å². The quantitative estimate of drug-likeness (QED) is 0.820. The third kappa shape index (κ3) is 4.78. The number of amides is 1. The first-order valence-electron chi connectivity index (χ1n) is 9.56. The molecule has 7 heteroatoms. The number of carbonyl (C=O) groups is 1. The van der Waals surface area contributed by atoms with Crippen LogP contribution in [0.15, 0.2) is 47.5 Å². The molecule has 0 spiro atoms. The Bertz CT molecular complexity index is 857. The zero-order valence-corrected chi connectivity index (χ0v) is 16.4. The van der Waals surface area contributed by atoms with Crippen LogP contribution in [0.2, 0.25) is 0 Å². The van der Waals surface area contributed by atoms with Crippen molar-refractivity contribution in [3.8, 4) is 5.88 Å². The fourth-order valence-corrected chi connectivity index (χ4v) is 3.58. The summed E-state index contributed by atoms with van der Waals surface area (Å²) in [7, 11) is 1.45. The Kier molecular flexibility index (Phi) is 6.14. The van der Waals surface area contributed by atoms with Crippen LogP contribution in [0.5, 0.6) is 5.88 Å². The van der Waals surface area contributed by atoms with Crippen LogP contribution in [-0.2, 0) is 11.3 Å². The summed E-state index contributed by atoms with van der Waals surface area (Å²) in [5.74, 6) is 0.501. The molecule has 0 aliphatic carbocycles. The molecule has 1 fully saturated rings. The van der Waals surface area contributed by atoms with E-state index in [1.54, 1.807) is 0 Å². The van der Waals surface area contributed by atoms with E-state index in [0.717, 1.165) is 5.56 Å². The van der Waals surface area contributed by atoms with Crippen molar-refractivity contribution in [2.75, 3.05) is 20.2 Å². The molecule has 1 aliphatic rings. The maximum Gasteiger partial charge on any atom is 0.257 e.